The number of halogens is 2. The lowest BCUT2D eigenvalue weighted by atomic mass is 10.0. The minimum atomic E-state index is -3.07. The smallest absolute Gasteiger partial charge is 0.411 e. The van der Waals surface area contributed by atoms with Crippen molar-refractivity contribution in [2.75, 3.05) is 44.8 Å². The lowest BCUT2D eigenvalue weighted by molar-refractivity contribution is -0.136. The summed E-state index contributed by atoms with van der Waals surface area (Å²) >= 11 is 0. The zero-order chi connectivity index (χ0) is 29.6. The number of imide groups is 1. The van der Waals surface area contributed by atoms with Crippen LogP contribution in [0.3, 0.4) is 0 Å². The minimum Gasteiger partial charge on any atom is -0.492 e. The van der Waals surface area contributed by atoms with E-state index in [1.807, 2.05) is 0 Å². The lowest BCUT2D eigenvalue weighted by Crippen LogP contribution is -2.52. The molecule has 12 nitrogen and oxygen atoms in total. The van der Waals surface area contributed by atoms with Crippen molar-refractivity contribution in [1.29, 1.82) is 0 Å². The fourth-order valence-electron chi connectivity index (χ4n) is 5.01. The maximum atomic E-state index is 13.0. The zero-order valence-corrected chi connectivity index (χ0v) is 22.6. The molecule has 1 unspecified atom stereocenters. The number of nitrogens with one attached hydrogen (secondary N) is 2. The number of carbonyl (C=O) groups is 4. The van der Waals surface area contributed by atoms with Crippen LogP contribution in [-0.2, 0) is 32.2 Å². The Bertz CT molecular complexity index is 1360. The second-order valence-corrected chi connectivity index (χ2v) is 9.97. The van der Waals surface area contributed by atoms with E-state index in [-0.39, 0.29) is 57.8 Å². The molecule has 0 radical (unpaired) electrons. The number of piperidine rings is 1. The Labute approximate surface area is 242 Å². The highest BCUT2D eigenvalue weighted by Crippen LogP contribution is 2.29. The van der Waals surface area contributed by atoms with E-state index < -0.39 is 24.7 Å². The predicted octanol–water partition coefficient (Wildman–Crippen LogP) is 3.00. The van der Waals surface area contributed by atoms with Gasteiger partial charge in [0.15, 0.2) is 0 Å². The van der Waals surface area contributed by atoms with E-state index in [0.29, 0.717) is 37.5 Å². The average Bonchev–Trinajstić information content (AvgIpc) is 3.27. The third kappa shape index (κ3) is 7.31. The van der Waals surface area contributed by atoms with Crippen LogP contribution in [0.5, 0.6) is 11.5 Å². The monoisotopic (exact) mass is 592 g/mol. The molecule has 228 valence electrons. The summed E-state index contributed by atoms with van der Waals surface area (Å²) in [4.78, 5) is 52.8. The van der Waals surface area contributed by atoms with Gasteiger partial charge in [0, 0.05) is 59.2 Å². The summed E-state index contributed by atoms with van der Waals surface area (Å²) in [6.45, 7) is 0.703. The molecule has 3 aliphatic rings. The van der Waals surface area contributed by atoms with Crippen LogP contribution in [0.4, 0.5) is 19.3 Å². The standard InChI is InChI=1S/C28H30F2N4O8.2H2/c29-27(30)42-21-13-19(12-20(14-21)40-10-7-33-5-8-39-9-6-33)31-28(38)41-16-17-1-2-18-15-34(26(37)22(18)11-17)23-3-4-24(35)32-25(23)36;;/h1-2,11-14,23,27H,3-10,15-16H2,(H,31,38)(H,32,35,36);2*1H. The molecule has 4 amide bonds. The fourth-order valence-corrected chi connectivity index (χ4v) is 5.01. The number of carbonyl (C=O) groups excluding carboxylic acids is 4. The maximum absolute atomic E-state index is 13.0. The van der Waals surface area contributed by atoms with E-state index in [1.165, 1.54) is 23.1 Å². The number of nitrogens with zero attached hydrogens (tertiary/aromatic N) is 2. The van der Waals surface area contributed by atoms with Crippen molar-refractivity contribution < 1.29 is 49.8 Å². The molecular weight excluding hydrogens is 558 g/mol. The van der Waals surface area contributed by atoms with Crippen LogP contribution in [-0.4, -0.2) is 85.7 Å². The van der Waals surface area contributed by atoms with Crippen LogP contribution in [0.25, 0.3) is 0 Å². The van der Waals surface area contributed by atoms with Crippen LogP contribution in [0.2, 0.25) is 0 Å². The Morgan fingerprint density at radius 1 is 1.12 bits per heavy atom. The third-order valence-corrected chi connectivity index (χ3v) is 7.09. The van der Waals surface area contributed by atoms with E-state index >= 15 is 0 Å². The van der Waals surface area contributed by atoms with Gasteiger partial charge in [-0.1, -0.05) is 12.1 Å². The van der Waals surface area contributed by atoms with E-state index in [1.54, 1.807) is 18.2 Å². The SMILES string of the molecule is O=C1CCC(N2Cc3ccc(COC(=O)Nc4cc(OCCN5CCOCC5)cc(OC(F)F)c4)cc3C2=O)C(=O)N1.[HH].[HH]. The normalized spacial score (nSPS) is 19.0. The van der Waals surface area contributed by atoms with E-state index in [4.69, 9.17) is 14.2 Å². The molecule has 0 aliphatic carbocycles. The second kappa shape index (κ2) is 13.1. The van der Waals surface area contributed by atoms with E-state index in [9.17, 15) is 28.0 Å². The van der Waals surface area contributed by atoms with E-state index in [0.717, 1.165) is 18.7 Å². The second-order valence-electron chi connectivity index (χ2n) is 9.97. The molecule has 0 aromatic heterocycles. The van der Waals surface area contributed by atoms with Crippen LogP contribution >= 0.6 is 0 Å². The van der Waals surface area contributed by atoms with Gasteiger partial charge in [-0.15, -0.1) is 0 Å². The molecule has 2 fully saturated rings. The van der Waals surface area contributed by atoms with Crippen LogP contribution < -0.4 is 20.1 Å². The number of ether oxygens (including phenoxy) is 4. The number of fused-ring (bicyclic) bond motifs is 1. The highest BCUT2D eigenvalue weighted by molar-refractivity contribution is 6.05. The summed E-state index contributed by atoms with van der Waals surface area (Å²) in [6, 6.07) is 8.28. The first kappa shape index (κ1) is 29.2. The first-order chi connectivity index (χ1) is 20.2. The first-order valence-electron chi connectivity index (χ1n) is 13.5. The molecule has 1 atom stereocenters. The number of hydrogen-bond acceptors (Lipinski definition) is 9. The lowest BCUT2D eigenvalue weighted by Gasteiger charge is -2.29. The van der Waals surface area contributed by atoms with Crippen LogP contribution in [0.1, 0.15) is 37.2 Å². The summed E-state index contributed by atoms with van der Waals surface area (Å²) in [6.07, 6.45) is -0.449. The van der Waals surface area contributed by atoms with Crippen molar-refractivity contribution in [3.8, 4) is 11.5 Å². The molecule has 2 aromatic rings. The molecule has 0 bridgehead atoms. The number of morpholine rings is 1. The minimum absolute atomic E-state index is 0. The van der Waals surface area contributed by atoms with Gasteiger partial charge < -0.3 is 23.8 Å². The maximum Gasteiger partial charge on any atom is 0.411 e. The van der Waals surface area contributed by atoms with Crippen molar-refractivity contribution in [3.63, 3.8) is 0 Å². The summed E-state index contributed by atoms with van der Waals surface area (Å²) in [5.74, 6) is -1.17. The molecule has 42 heavy (non-hydrogen) atoms. The van der Waals surface area contributed by atoms with Crippen LogP contribution in [0.15, 0.2) is 36.4 Å². The Balaban J connectivity index is 0.00000264. The largest absolute Gasteiger partial charge is 0.492 e. The third-order valence-electron chi connectivity index (χ3n) is 7.09. The van der Waals surface area contributed by atoms with Crippen molar-refractivity contribution in [3.05, 3.63) is 53.1 Å². The molecule has 0 saturated carbocycles. The van der Waals surface area contributed by atoms with Gasteiger partial charge in [0.25, 0.3) is 5.91 Å². The predicted molar refractivity (Wildman–Crippen MR) is 146 cm³/mol. The highest BCUT2D eigenvalue weighted by atomic mass is 19.3. The number of alkyl halides is 2. The number of hydrogen-bond donors (Lipinski definition) is 2. The quantitative estimate of drug-likeness (QED) is 0.399. The Morgan fingerprint density at radius 3 is 2.67 bits per heavy atom. The van der Waals surface area contributed by atoms with Gasteiger partial charge in [-0.3, -0.25) is 29.9 Å². The molecule has 5 rings (SSSR count). The van der Waals surface area contributed by atoms with Crippen molar-refractivity contribution in [1.82, 2.24) is 15.1 Å². The summed E-state index contributed by atoms with van der Waals surface area (Å²) in [5, 5.41) is 4.75. The van der Waals surface area contributed by atoms with Crippen LogP contribution in [0, 0.1) is 0 Å². The fraction of sp³-hybridized carbons (Fsp3) is 0.429. The topological polar surface area (TPSA) is 136 Å². The molecule has 2 N–H and O–H groups in total. The van der Waals surface area contributed by atoms with Gasteiger partial charge in [-0.2, -0.15) is 8.78 Å². The number of rotatable bonds is 10. The number of benzene rings is 2. The first-order valence-corrected chi connectivity index (χ1v) is 13.5. The Kier molecular flexibility index (Phi) is 9.12. The molecule has 3 heterocycles. The van der Waals surface area contributed by atoms with Gasteiger partial charge in [-0.25, -0.2) is 4.79 Å². The van der Waals surface area contributed by atoms with E-state index in [2.05, 4.69) is 20.3 Å². The molecule has 0 spiro atoms. The van der Waals surface area contributed by atoms with Crippen molar-refractivity contribution in [2.45, 2.75) is 38.6 Å². The zero-order valence-electron chi connectivity index (χ0n) is 22.6. The van der Waals surface area contributed by atoms with Crippen molar-refractivity contribution >= 4 is 29.5 Å². The van der Waals surface area contributed by atoms with Gasteiger partial charge in [0.1, 0.15) is 30.8 Å². The van der Waals surface area contributed by atoms with Crippen molar-refractivity contribution in [2.24, 2.45) is 0 Å². The summed E-state index contributed by atoms with van der Waals surface area (Å²) in [5.41, 5.74) is 1.76. The Morgan fingerprint density at radius 2 is 1.90 bits per heavy atom. The van der Waals surface area contributed by atoms with Gasteiger partial charge in [0.2, 0.25) is 11.8 Å². The van der Waals surface area contributed by atoms with Gasteiger partial charge in [0.05, 0.1) is 18.9 Å². The number of anilines is 1. The molecule has 2 saturated heterocycles. The molecule has 14 heteroatoms. The molecular formula is C28H34F2N4O8. The molecule has 2 aromatic carbocycles. The Hall–Kier alpha value is -4.30. The van der Waals surface area contributed by atoms with Gasteiger partial charge in [-0.05, 0) is 23.6 Å². The average molecular weight is 593 g/mol. The summed E-state index contributed by atoms with van der Waals surface area (Å²) < 4.78 is 46.6. The highest BCUT2D eigenvalue weighted by Gasteiger charge is 2.39. The number of amides is 4. The van der Waals surface area contributed by atoms with Gasteiger partial charge >= 0.3 is 12.7 Å². The summed E-state index contributed by atoms with van der Waals surface area (Å²) in [7, 11) is 0. The molecule has 3 aliphatic heterocycles.